The van der Waals surface area contributed by atoms with Gasteiger partial charge in [-0.3, -0.25) is 9.69 Å². The topological polar surface area (TPSA) is 87.6 Å². The van der Waals surface area contributed by atoms with Crippen molar-refractivity contribution in [2.45, 2.75) is 13.5 Å². The maximum absolute atomic E-state index is 13.1. The molecule has 0 atom stereocenters. The van der Waals surface area contributed by atoms with Crippen LogP contribution in [0.25, 0.3) is 6.08 Å². The fraction of sp³-hybridized carbons (Fsp3) is 0.125. The van der Waals surface area contributed by atoms with Crippen LogP contribution in [-0.2, 0) is 11.3 Å². The molecule has 0 radical (unpaired) electrons. The van der Waals surface area contributed by atoms with Crippen molar-refractivity contribution in [3.63, 3.8) is 0 Å². The van der Waals surface area contributed by atoms with E-state index in [2.05, 4.69) is 26.1 Å². The Morgan fingerprint density at radius 1 is 1.18 bits per heavy atom. The number of benzene rings is 2. The van der Waals surface area contributed by atoms with Crippen LogP contribution in [0.1, 0.15) is 23.8 Å². The number of hydrogen-bond donors (Lipinski definition) is 1. The third kappa shape index (κ3) is 5.74. The van der Waals surface area contributed by atoms with Crippen molar-refractivity contribution < 1.29 is 19.1 Å². The number of aromatic hydroxyl groups is 1. The molecule has 2 aromatic carbocycles. The zero-order chi connectivity index (χ0) is 23.2. The average Bonchev–Trinajstić information content (AvgIpc) is 3.42. The second-order valence-electron chi connectivity index (χ2n) is 6.92. The Hall–Kier alpha value is -3.30. The summed E-state index contributed by atoms with van der Waals surface area (Å²) in [6.45, 7) is 2.52. The highest BCUT2D eigenvalue weighted by Crippen LogP contribution is 2.34. The van der Waals surface area contributed by atoms with Gasteiger partial charge >= 0.3 is 0 Å². The molecule has 0 spiro atoms. The van der Waals surface area contributed by atoms with Gasteiger partial charge in [-0.1, -0.05) is 28.1 Å². The summed E-state index contributed by atoms with van der Waals surface area (Å²) in [7, 11) is 0. The van der Waals surface area contributed by atoms with Gasteiger partial charge in [0.05, 0.1) is 30.5 Å². The maximum atomic E-state index is 13.1. The molecule has 1 aliphatic heterocycles. The lowest BCUT2D eigenvalue weighted by atomic mass is 10.2. The standard InChI is InChI=1S/C24H20BrN3O4S/c1-2-31-21-12-17(7-10-20(21)29)14-26-27-24-28(15-19-4-3-11-32-19)23(30)22(33-24)13-16-5-8-18(25)9-6-16/h3-14,29H,2,15H2,1H3/b22-13-,26-14+,27-24-. The van der Waals surface area contributed by atoms with Gasteiger partial charge in [0.15, 0.2) is 16.7 Å². The number of rotatable bonds is 7. The summed E-state index contributed by atoms with van der Waals surface area (Å²) in [6, 6.07) is 16.2. The third-order valence-electron chi connectivity index (χ3n) is 4.58. The van der Waals surface area contributed by atoms with Gasteiger partial charge in [0.2, 0.25) is 0 Å². The summed E-state index contributed by atoms with van der Waals surface area (Å²) in [5.74, 6) is 0.908. The van der Waals surface area contributed by atoms with Crippen LogP contribution in [-0.4, -0.2) is 33.9 Å². The molecule has 2 heterocycles. The summed E-state index contributed by atoms with van der Waals surface area (Å²) in [6.07, 6.45) is 4.94. The van der Waals surface area contributed by atoms with E-state index in [1.165, 1.54) is 22.7 Å². The Morgan fingerprint density at radius 3 is 2.70 bits per heavy atom. The zero-order valence-corrected chi connectivity index (χ0v) is 20.0. The maximum Gasteiger partial charge on any atom is 0.267 e. The van der Waals surface area contributed by atoms with Gasteiger partial charge in [-0.05, 0) is 78.4 Å². The molecule has 1 aliphatic rings. The number of carbonyl (C=O) groups is 1. The first kappa shape index (κ1) is 22.9. The van der Waals surface area contributed by atoms with Gasteiger partial charge in [0.25, 0.3) is 5.91 Å². The number of carbonyl (C=O) groups excluding carboxylic acids is 1. The van der Waals surface area contributed by atoms with Crippen LogP contribution in [0.15, 0.2) is 84.9 Å². The minimum atomic E-state index is -0.170. The smallest absolute Gasteiger partial charge is 0.267 e. The second kappa shape index (κ2) is 10.5. The van der Waals surface area contributed by atoms with Crippen LogP contribution in [0.3, 0.4) is 0 Å². The second-order valence-corrected chi connectivity index (χ2v) is 8.84. The number of ether oxygens (including phenoxy) is 1. The number of amides is 1. The highest BCUT2D eigenvalue weighted by atomic mass is 79.9. The summed E-state index contributed by atoms with van der Waals surface area (Å²) < 4.78 is 11.8. The predicted molar refractivity (Wildman–Crippen MR) is 133 cm³/mol. The van der Waals surface area contributed by atoms with Crippen LogP contribution in [0.2, 0.25) is 0 Å². The van der Waals surface area contributed by atoms with E-state index in [9.17, 15) is 9.90 Å². The number of hydrogen-bond acceptors (Lipinski definition) is 7. The number of phenolic OH excluding ortho intramolecular Hbond substituents is 1. The van der Waals surface area contributed by atoms with Gasteiger partial charge in [-0.25, -0.2) is 0 Å². The van der Waals surface area contributed by atoms with E-state index in [-0.39, 0.29) is 18.2 Å². The van der Waals surface area contributed by atoms with E-state index in [1.54, 1.807) is 36.7 Å². The van der Waals surface area contributed by atoms with Gasteiger partial charge < -0.3 is 14.3 Å². The van der Waals surface area contributed by atoms with Gasteiger partial charge in [-0.2, -0.15) is 5.10 Å². The zero-order valence-electron chi connectivity index (χ0n) is 17.6. The Bertz CT molecular complexity index is 1220. The first-order valence-electron chi connectivity index (χ1n) is 10.1. The quantitative estimate of drug-likeness (QED) is 0.244. The van der Waals surface area contributed by atoms with Gasteiger partial charge in [-0.15, -0.1) is 5.10 Å². The van der Waals surface area contributed by atoms with Gasteiger partial charge in [0.1, 0.15) is 5.76 Å². The summed E-state index contributed by atoms with van der Waals surface area (Å²) in [5.41, 5.74) is 1.61. The van der Waals surface area contributed by atoms with Crippen LogP contribution in [0.4, 0.5) is 0 Å². The molecular formula is C24H20BrN3O4S. The third-order valence-corrected chi connectivity index (χ3v) is 6.11. The number of thioether (sulfide) groups is 1. The van der Waals surface area contributed by atoms with Crippen LogP contribution in [0.5, 0.6) is 11.5 Å². The monoisotopic (exact) mass is 525 g/mol. The van der Waals surface area contributed by atoms with E-state index in [0.717, 1.165) is 10.0 Å². The van der Waals surface area contributed by atoms with E-state index in [4.69, 9.17) is 9.15 Å². The molecule has 4 rings (SSSR count). The van der Waals surface area contributed by atoms with Crippen molar-refractivity contribution in [3.05, 3.63) is 87.1 Å². The molecule has 0 bridgehead atoms. The minimum absolute atomic E-state index is 0.0598. The number of furan rings is 1. The molecule has 0 saturated carbocycles. The Balaban J connectivity index is 1.60. The molecule has 3 aromatic rings. The lowest BCUT2D eigenvalue weighted by molar-refractivity contribution is -0.122. The van der Waals surface area contributed by atoms with Crippen molar-refractivity contribution in [1.29, 1.82) is 0 Å². The average molecular weight is 526 g/mol. The number of phenols is 1. The number of nitrogens with zero attached hydrogens (tertiary/aromatic N) is 3. The first-order valence-corrected chi connectivity index (χ1v) is 11.7. The normalized spacial score (nSPS) is 16.4. The van der Waals surface area contributed by atoms with Crippen LogP contribution in [0, 0.1) is 0 Å². The lowest BCUT2D eigenvalue weighted by Gasteiger charge is -2.12. The molecule has 7 nitrogen and oxygen atoms in total. The number of amidine groups is 1. The van der Waals surface area contributed by atoms with Gasteiger partial charge in [0, 0.05) is 4.47 Å². The fourth-order valence-electron chi connectivity index (χ4n) is 3.02. The molecular weight excluding hydrogens is 506 g/mol. The predicted octanol–water partition coefficient (Wildman–Crippen LogP) is 5.65. The van der Waals surface area contributed by atoms with E-state index in [0.29, 0.717) is 33.8 Å². The van der Waals surface area contributed by atoms with E-state index in [1.807, 2.05) is 37.3 Å². The molecule has 0 aliphatic carbocycles. The highest BCUT2D eigenvalue weighted by Gasteiger charge is 2.34. The fourth-order valence-corrected chi connectivity index (χ4v) is 4.22. The number of halogens is 1. The Labute approximate surface area is 203 Å². The Morgan fingerprint density at radius 2 is 1.97 bits per heavy atom. The molecule has 9 heteroatoms. The largest absolute Gasteiger partial charge is 0.504 e. The molecule has 1 aromatic heterocycles. The first-order chi connectivity index (χ1) is 16.0. The molecule has 1 amide bonds. The summed E-state index contributed by atoms with van der Waals surface area (Å²) >= 11 is 4.67. The van der Waals surface area contributed by atoms with Crippen LogP contribution < -0.4 is 4.74 Å². The summed E-state index contributed by atoms with van der Waals surface area (Å²) in [4.78, 5) is 15.2. The SMILES string of the molecule is CCOc1cc(/C=N/N=C2\S/C(=C\c3ccc(Br)cc3)C(=O)N2Cc2ccco2)ccc1O. The van der Waals surface area contributed by atoms with Crippen molar-refractivity contribution in [1.82, 2.24) is 4.90 Å². The van der Waals surface area contributed by atoms with Crippen LogP contribution >= 0.6 is 27.7 Å². The van der Waals surface area contributed by atoms with Crippen molar-refractivity contribution >= 4 is 51.1 Å². The lowest BCUT2D eigenvalue weighted by Crippen LogP contribution is -2.28. The molecule has 1 N–H and O–H groups in total. The van der Waals surface area contributed by atoms with E-state index >= 15 is 0 Å². The molecule has 1 fully saturated rings. The van der Waals surface area contributed by atoms with Crippen molar-refractivity contribution in [2.24, 2.45) is 10.2 Å². The molecule has 1 saturated heterocycles. The molecule has 0 unspecified atom stereocenters. The van der Waals surface area contributed by atoms with Crippen molar-refractivity contribution in [2.75, 3.05) is 6.61 Å². The molecule has 168 valence electrons. The molecule has 33 heavy (non-hydrogen) atoms. The minimum Gasteiger partial charge on any atom is -0.504 e. The highest BCUT2D eigenvalue weighted by molar-refractivity contribution is 9.10. The van der Waals surface area contributed by atoms with E-state index < -0.39 is 0 Å². The Kier molecular flexibility index (Phi) is 7.31. The summed E-state index contributed by atoms with van der Waals surface area (Å²) in [5, 5.41) is 18.8. The van der Waals surface area contributed by atoms with Crippen molar-refractivity contribution in [3.8, 4) is 11.5 Å².